The Balaban J connectivity index is 1.73. The number of nitrogens with zero attached hydrogens (tertiary/aromatic N) is 1. The summed E-state index contributed by atoms with van der Waals surface area (Å²) < 4.78 is 26.2. The van der Waals surface area contributed by atoms with Crippen LogP contribution in [0.15, 0.2) is 36.5 Å². The van der Waals surface area contributed by atoms with Gasteiger partial charge in [-0.2, -0.15) is 0 Å². The van der Waals surface area contributed by atoms with Crippen LogP contribution in [-0.4, -0.2) is 31.3 Å². The van der Waals surface area contributed by atoms with E-state index < -0.39 is 5.82 Å². The fourth-order valence-corrected chi connectivity index (χ4v) is 3.69. The van der Waals surface area contributed by atoms with E-state index in [0.29, 0.717) is 22.7 Å². The molecule has 0 unspecified atom stereocenters. The molecule has 4 rings (SSSR count). The molecule has 0 spiro atoms. The summed E-state index contributed by atoms with van der Waals surface area (Å²) in [5.41, 5.74) is 1.60. The number of halogens is 3. The molecule has 0 saturated carbocycles. The predicted molar refractivity (Wildman–Crippen MR) is 115 cm³/mol. The summed E-state index contributed by atoms with van der Waals surface area (Å²) in [6.07, 6.45) is 3.61. The van der Waals surface area contributed by atoms with E-state index in [-0.39, 0.29) is 21.8 Å². The molecule has 2 heterocycles. The summed E-state index contributed by atoms with van der Waals surface area (Å²) >= 11 is 11.8. The third-order valence-corrected chi connectivity index (χ3v) is 5.69. The normalized spacial score (nSPS) is 14.8. The molecule has 0 bridgehead atoms. The van der Waals surface area contributed by atoms with Crippen LogP contribution >= 0.6 is 23.2 Å². The first-order valence-electron chi connectivity index (χ1n) is 9.31. The number of hydrogen-bond donors (Lipinski definition) is 2. The molecule has 2 N–H and O–H groups in total. The maximum Gasteiger partial charge on any atom is 0.166 e. The van der Waals surface area contributed by atoms with Crippen LogP contribution in [-0.2, 0) is 0 Å². The standard InChI is InChI=1S/C21H20Cl2FN3O2/c1-28-18-11-17-13(10-19(18)29-12-4-7-25-8-5-12)15(6-9-26-17)27-16-3-2-14(22)20(23)21(16)24/h2-3,6,9-12,25H,4-5,7-8H2,1H3,(H,26,27). The molecular formula is C21H20Cl2FN3O2. The van der Waals surface area contributed by atoms with Crippen LogP contribution in [0.25, 0.3) is 10.9 Å². The Morgan fingerprint density at radius 2 is 1.90 bits per heavy atom. The van der Waals surface area contributed by atoms with E-state index in [9.17, 15) is 4.39 Å². The van der Waals surface area contributed by atoms with Crippen molar-refractivity contribution in [2.24, 2.45) is 0 Å². The maximum atomic E-state index is 14.5. The summed E-state index contributed by atoms with van der Waals surface area (Å²) in [6, 6.07) is 8.56. The van der Waals surface area contributed by atoms with Crippen molar-refractivity contribution >= 4 is 45.5 Å². The van der Waals surface area contributed by atoms with Gasteiger partial charge in [0.25, 0.3) is 0 Å². The van der Waals surface area contributed by atoms with E-state index >= 15 is 0 Å². The van der Waals surface area contributed by atoms with Crippen LogP contribution in [0.1, 0.15) is 12.8 Å². The van der Waals surface area contributed by atoms with Gasteiger partial charge in [0.2, 0.25) is 0 Å². The minimum atomic E-state index is -0.608. The summed E-state index contributed by atoms with van der Waals surface area (Å²) in [5, 5.41) is 7.23. The second-order valence-corrected chi connectivity index (χ2v) is 7.58. The Morgan fingerprint density at radius 1 is 1.10 bits per heavy atom. The van der Waals surface area contributed by atoms with Crippen LogP contribution in [0.5, 0.6) is 11.5 Å². The lowest BCUT2D eigenvalue weighted by Gasteiger charge is -2.25. The van der Waals surface area contributed by atoms with E-state index in [0.717, 1.165) is 31.3 Å². The van der Waals surface area contributed by atoms with Gasteiger partial charge < -0.3 is 20.1 Å². The topological polar surface area (TPSA) is 55.4 Å². The third kappa shape index (κ3) is 4.20. The molecule has 1 aliphatic heterocycles. The van der Waals surface area contributed by atoms with Crippen LogP contribution < -0.4 is 20.1 Å². The molecular weight excluding hydrogens is 416 g/mol. The zero-order valence-corrected chi connectivity index (χ0v) is 17.3. The average Bonchev–Trinajstić information content (AvgIpc) is 2.74. The van der Waals surface area contributed by atoms with Gasteiger partial charge in [0.1, 0.15) is 6.10 Å². The molecule has 29 heavy (non-hydrogen) atoms. The Hall–Kier alpha value is -2.28. The van der Waals surface area contributed by atoms with Crippen LogP contribution in [0, 0.1) is 5.82 Å². The lowest BCUT2D eigenvalue weighted by atomic mass is 10.1. The SMILES string of the molecule is COc1cc2nccc(Nc3ccc(Cl)c(Cl)c3F)c2cc1OC1CCNCC1. The first-order chi connectivity index (χ1) is 14.1. The molecule has 2 aromatic carbocycles. The zero-order chi connectivity index (χ0) is 20.4. The number of hydrogen-bond acceptors (Lipinski definition) is 5. The average molecular weight is 436 g/mol. The molecule has 1 saturated heterocycles. The lowest BCUT2D eigenvalue weighted by Crippen LogP contribution is -2.34. The summed E-state index contributed by atoms with van der Waals surface area (Å²) in [5.74, 6) is 0.641. The second kappa shape index (κ2) is 8.61. The van der Waals surface area contributed by atoms with Gasteiger partial charge >= 0.3 is 0 Å². The largest absolute Gasteiger partial charge is 0.493 e. The monoisotopic (exact) mass is 435 g/mol. The first kappa shape index (κ1) is 20.0. The maximum absolute atomic E-state index is 14.5. The number of fused-ring (bicyclic) bond motifs is 1. The van der Waals surface area contributed by atoms with Gasteiger partial charge in [-0.1, -0.05) is 23.2 Å². The fraction of sp³-hybridized carbons (Fsp3) is 0.286. The first-order valence-corrected chi connectivity index (χ1v) is 10.1. The van der Waals surface area contributed by atoms with Crippen molar-refractivity contribution in [3.05, 3.63) is 52.4 Å². The number of benzene rings is 2. The highest BCUT2D eigenvalue weighted by atomic mass is 35.5. The van der Waals surface area contributed by atoms with Gasteiger partial charge in [0.15, 0.2) is 17.3 Å². The fourth-order valence-electron chi connectivity index (χ4n) is 3.37. The number of aromatic nitrogens is 1. The molecule has 0 atom stereocenters. The predicted octanol–water partition coefficient (Wildman–Crippen LogP) is 5.56. The molecule has 5 nitrogen and oxygen atoms in total. The van der Waals surface area contributed by atoms with Crippen molar-refractivity contribution in [1.82, 2.24) is 10.3 Å². The number of rotatable bonds is 5. The van der Waals surface area contributed by atoms with E-state index in [1.165, 1.54) is 0 Å². The molecule has 8 heteroatoms. The van der Waals surface area contributed by atoms with Crippen molar-refractivity contribution in [2.75, 3.05) is 25.5 Å². The number of pyridine rings is 1. The number of anilines is 2. The van der Waals surface area contributed by atoms with E-state index in [2.05, 4.69) is 15.6 Å². The minimum Gasteiger partial charge on any atom is -0.493 e. The number of nitrogens with one attached hydrogen (secondary N) is 2. The van der Waals surface area contributed by atoms with Gasteiger partial charge in [-0.3, -0.25) is 4.98 Å². The summed E-state index contributed by atoms with van der Waals surface area (Å²) in [4.78, 5) is 4.41. The highest BCUT2D eigenvalue weighted by molar-refractivity contribution is 6.42. The van der Waals surface area contributed by atoms with Gasteiger partial charge in [0, 0.05) is 23.3 Å². The van der Waals surface area contributed by atoms with Crippen molar-refractivity contribution in [2.45, 2.75) is 18.9 Å². The third-order valence-electron chi connectivity index (χ3n) is 4.91. The van der Waals surface area contributed by atoms with Crippen molar-refractivity contribution in [3.8, 4) is 11.5 Å². The number of piperidine rings is 1. The zero-order valence-electron chi connectivity index (χ0n) is 15.8. The van der Waals surface area contributed by atoms with Crippen LogP contribution in [0.2, 0.25) is 10.0 Å². The Labute approximate surface area is 178 Å². The van der Waals surface area contributed by atoms with Gasteiger partial charge in [-0.15, -0.1) is 0 Å². The lowest BCUT2D eigenvalue weighted by molar-refractivity contribution is 0.157. The molecule has 0 aliphatic carbocycles. The smallest absolute Gasteiger partial charge is 0.166 e. The number of ether oxygens (including phenoxy) is 2. The van der Waals surface area contributed by atoms with Gasteiger partial charge in [-0.05, 0) is 50.2 Å². The van der Waals surface area contributed by atoms with E-state index in [1.54, 1.807) is 31.5 Å². The molecule has 1 fully saturated rings. The second-order valence-electron chi connectivity index (χ2n) is 6.79. The molecule has 0 amide bonds. The van der Waals surface area contributed by atoms with Gasteiger partial charge in [-0.25, -0.2) is 4.39 Å². The van der Waals surface area contributed by atoms with E-state index in [4.69, 9.17) is 32.7 Å². The molecule has 1 aliphatic rings. The van der Waals surface area contributed by atoms with E-state index in [1.807, 2.05) is 12.1 Å². The minimum absolute atomic E-state index is 0.114. The summed E-state index contributed by atoms with van der Waals surface area (Å²) in [7, 11) is 1.60. The number of methoxy groups -OCH3 is 1. The van der Waals surface area contributed by atoms with Crippen molar-refractivity contribution < 1.29 is 13.9 Å². The Kier molecular flexibility index (Phi) is 5.94. The molecule has 0 radical (unpaired) electrons. The molecule has 1 aromatic heterocycles. The van der Waals surface area contributed by atoms with Crippen LogP contribution in [0.3, 0.4) is 0 Å². The Bertz CT molecular complexity index is 1040. The van der Waals surface area contributed by atoms with Gasteiger partial charge in [0.05, 0.1) is 28.4 Å². The summed E-state index contributed by atoms with van der Waals surface area (Å²) in [6.45, 7) is 1.84. The molecule has 3 aromatic rings. The van der Waals surface area contributed by atoms with Crippen molar-refractivity contribution in [1.29, 1.82) is 0 Å². The Morgan fingerprint density at radius 3 is 2.66 bits per heavy atom. The quantitative estimate of drug-likeness (QED) is 0.513. The molecule has 152 valence electrons. The van der Waals surface area contributed by atoms with Crippen LogP contribution in [0.4, 0.5) is 15.8 Å². The highest BCUT2D eigenvalue weighted by Gasteiger charge is 2.19. The van der Waals surface area contributed by atoms with Crippen molar-refractivity contribution in [3.63, 3.8) is 0 Å². The highest BCUT2D eigenvalue weighted by Crippen LogP contribution is 2.38.